The lowest BCUT2D eigenvalue weighted by atomic mass is 9.84. The van der Waals surface area contributed by atoms with Gasteiger partial charge >= 0.3 is 11.9 Å². The van der Waals surface area contributed by atoms with Crippen LogP contribution in [0, 0.1) is 11.8 Å². The Morgan fingerprint density at radius 1 is 0.867 bits per heavy atom. The number of ether oxygens (including phenoxy) is 2. The van der Waals surface area contributed by atoms with E-state index in [1.54, 1.807) is 27.7 Å². The second-order valence-corrected chi connectivity index (χ2v) is 8.26. The van der Waals surface area contributed by atoms with Gasteiger partial charge in [-0.1, -0.05) is 61.5 Å². The lowest BCUT2D eigenvalue weighted by molar-refractivity contribution is -0.169. The van der Waals surface area contributed by atoms with Gasteiger partial charge in [0.2, 0.25) is 0 Å². The molecule has 2 aromatic carbocycles. The molecule has 1 unspecified atom stereocenters. The van der Waals surface area contributed by atoms with Crippen LogP contribution in [0.2, 0.25) is 0 Å². The Hall–Kier alpha value is -2.95. The van der Waals surface area contributed by atoms with Crippen LogP contribution in [-0.2, 0) is 30.3 Å². The summed E-state index contributed by atoms with van der Waals surface area (Å²) in [7, 11) is 1.25. The normalized spacial score (nSPS) is 13.2. The molecule has 30 heavy (non-hydrogen) atoms. The number of hydrogen-bond acceptors (Lipinski definition) is 5. The largest absolute Gasteiger partial charge is 0.469 e. The summed E-state index contributed by atoms with van der Waals surface area (Å²) in [5, 5.41) is 0. The van der Waals surface area contributed by atoms with Crippen molar-refractivity contribution < 1.29 is 23.9 Å². The lowest BCUT2D eigenvalue weighted by Crippen LogP contribution is -2.41. The second-order valence-electron chi connectivity index (χ2n) is 8.26. The molecule has 0 saturated carbocycles. The molecule has 0 aliphatic heterocycles. The summed E-state index contributed by atoms with van der Waals surface area (Å²) < 4.78 is 10.3. The van der Waals surface area contributed by atoms with Crippen molar-refractivity contribution in [3.8, 4) is 11.1 Å². The highest BCUT2D eigenvalue weighted by molar-refractivity contribution is 6.03. The van der Waals surface area contributed by atoms with Gasteiger partial charge in [-0.05, 0) is 43.9 Å². The van der Waals surface area contributed by atoms with E-state index in [9.17, 15) is 14.4 Å². The zero-order valence-corrected chi connectivity index (χ0v) is 18.3. The first kappa shape index (κ1) is 23.3. The van der Waals surface area contributed by atoms with Crippen molar-refractivity contribution >= 4 is 17.7 Å². The molecule has 0 spiro atoms. The van der Waals surface area contributed by atoms with Crippen molar-refractivity contribution in [1.29, 1.82) is 0 Å². The minimum atomic E-state index is -1.20. The van der Waals surface area contributed by atoms with Crippen molar-refractivity contribution in [2.75, 3.05) is 7.11 Å². The molecule has 0 aromatic heterocycles. The highest BCUT2D eigenvalue weighted by atomic mass is 16.6. The first-order valence-electron chi connectivity index (χ1n) is 10.1. The van der Waals surface area contributed by atoms with Gasteiger partial charge in [0.05, 0.1) is 13.0 Å². The van der Waals surface area contributed by atoms with Crippen LogP contribution in [0.4, 0.5) is 0 Å². The standard InChI is InChI=1S/C25H30O5/c1-6-20(23(27)29-5)22(24(28)30-25(2,3)4)21(26)16-17-12-14-19(15-13-17)18-10-8-7-9-11-18/h7-15,20,22H,6,16H2,1-5H3/t20-,22?/m1/s1. The molecule has 5 heteroatoms. The molecule has 160 valence electrons. The maximum atomic E-state index is 13.1. The molecule has 0 radical (unpaired) electrons. The third kappa shape index (κ3) is 6.28. The first-order chi connectivity index (χ1) is 14.2. The third-order valence-corrected chi connectivity index (χ3v) is 4.79. The smallest absolute Gasteiger partial charge is 0.317 e. The summed E-state index contributed by atoms with van der Waals surface area (Å²) in [5.74, 6) is -3.70. The molecule has 0 amide bonds. The average molecular weight is 411 g/mol. The molecule has 2 rings (SSSR count). The molecule has 0 aliphatic carbocycles. The van der Waals surface area contributed by atoms with E-state index in [0.717, 1.165) is 16.7 Å². The highest BCUT2D eigenvalue weighted by Gasteiger charge is 2.41. The van der Waals surface area contributed by atoms with Gasteiger partial charge in [-0.2, -0.15) is 0 Å². The van der Waals surface area contributed by atoms with Crippen molar-refractivity contribution in [2.45, 2.75) is 46.1 Å². The lowest BCUT2D eigenvalue weighted by Gasteiger charge is -2.26. The molecule has 2 aromatic rings. The van der Waals surface area contributed by atoms with Crippen LogP contribution in [0.25, 0.3) is 11.1 Å². The van der Waals surface area contributed by atoms with Gasteiger partial charge in [-0.3, -0.25) is 14.4 Å². The first-order valence-corrected chi connectivity index (χ1v) is 10.1. The van der Waals surface area contributed by atoms with Crippen LogP contribution in [0.15, 0.2) is 54.6 Å². The van der Waals surface area contributed by atoms with Gasteiger partial charge in [-0.25, -0.2) is 0 Å². The number of benzene rings is 2. The molecule has 0 heterocycles. The summed E-state index contributed by atoms with van der Waals surface area (Å²) in [4.78, 5) is 38.1. The minimum absolute atomic E-state index is 0.0342. The van der Waals surface area contributed by atoms with Crippen molar-refractivity contribution in [1.82, 2.24) is 0 Å². The summed E-state index contributed by atoms with van der Waals surface area (Å²) in [6, 6.07) is 17.5. The van der Waals surface area contributed by atoms with Gasteiger partial charge < -0.3 is 9.47 Å². The Bertz CT molecular complexity index is 863. The van der Waals surface area contributed by atoms with Crippen molar-refractivity contribution in [3.63, 3.8) is 0 Å². The number of carbonyl (C=O) groups is 3. The Labute approximate surface area is 178 Å². The van der Waals surface area contributed by atoms with E-state index < -0.39 is 29.4 Å². The quantitative estimate of drug-likeness (QED) is 0.469. The molecule has 0 saturated heterocycles. The highest BCUT2D eigenvalue weighted by Crippen LogP contribution is 2.25. The van der Waals surface area contributed by atoms with E-state index in [1.165, 1.54) is 7.11 Å². The summed E-state index contributed by atoms with van der Waals surface area (Å²) in [6.45, 7) is 6.94. The SMILES string of the molecule is CC[C@@H](C(=O)OC)C(C(=O)Cc1ccc(-c2ccccc2)cc1)C(=O)OC(C)(C)C. The van der Waals surface area contributed by atoms with Crippen LogP contribution >= 0.6 is 0 Å². The molecule has 0 bridgehead atoms. The van der Waals surface area contributed by atoms with Crippen LogP contribution < -0.4 is 0 Å². The van der Waals surface area contributed by atoms with Crippen molar-refractivity contribution in [3.05, 3.63) is 60.2 Å². The number of methoxy groups -OCH3 is 1. The number of carbonyl (C=O) groups excluding carboxylic acids is 3. The van der Waals surface area contributed by atoms with Crippen LogP contribution in [0.5, 0.6) is 0 Å². The van der Waals surface area contributed by atoms with Gasteiger partial charge in [-0.15, -0.1) is 0 Å². The Morgan fingerprint density at radius 3 is 1.93 bits per heavy atom. The monoisotopic (exact) mass is 410 g/mol. The fraction of sp³-hybridized carbons (Fsp3) is 0.400. The Kier molecular flexibility index (Phi) is 7.93. The molecular weight excluding hydrogens is 380 g/mol. The van der Waals surface area contributed by atoms with Gasteiger partial charge in [0.15, 0.2) is 5.78 Å². The predicted molar refractivity (Wildman–Crippen MR) is 116 cm³/mol. The maximum Gasteiger partial charge on any atom is 0.317 e. The zero-order chi connectivity index (χ0) is 22.3. The van der Waals surface area contributed by atoms with E-state index in [-0.39, 0.29) is 12.2 Å². The molecule has 0 aliphatic rings. The number of hydrogen-bond donors (Lipinski definition) is 0. The molecular formula is C25H30O5. The fourth-order valence-electron chi connectivity index (χ4n) is 3.33. The van der Waals surface area contributed by atoms with Gasteiger partial charge in [0, 0.05) is 6.42 Å². The topological polar surface area (TPSA) is 69.7 Å². The second kappa shape index (κ2) is 10.2. The Morgan fingerprint density at radius 2 is 1.43 bits per heavy atom. The van der Waals surface area contributed by atoms with E-state index in [1.807, 2.05) is 54.6 Å². The minimum Gasteiger partial charge on any atom is -0.469 e. The molecule has 2 atom stereocenters. The van der Waals surface area contributed by atoms with E-state index in [2.05, 4.69) is 0 Å². The van der Waals surface area contributed by atoms with E-state index in [0.29, 0.717) is 6.42 Å². The zero-order valence-electron chi connectivity index (χ0n) is 18.3. The van der Waals surface area contributed by atoms with Gasteiger partial charge in [0.25, 0.3) is 0 Å². The molecule has 5 nitrogen and oxygen atoms in total. The summed E-state index contributed by atoms with van der Waals surface area (Å²) in [6.07, 6.45) is 0.335. The fourth-order valence-corrected chi connectivity index (χ4v) is 3.33. The number of Topliss-reactive ketones (excluding diaryl/α,β-unsaturated/α-hetero) is 1. The number of esters is 2. The van der Waals surface area contributed by atoms with Crippen LogP contribution in [0.3, 0.4) is 0 Å². The van der Waals surface area contributed by atoms with Crippen LogP contribution in [-0.4, -0.2) is 30.4 Å². The third-order valence-electron chi connectivity index (χ3n) is 4.79. The number of rotatable bonds is 8. The summed E-state index contributed by atoms with van der Waals surface area (Å²) >= 11 is 0. The molecule has 0 fully saturated rings. The molecule has 0 N–H and O–H groups in total. The van der Waals surface area contributed by atoms with E-state index in [4.69, 9.17) is 9.47 Å². The number of ketones is 1. The predicted octanol–water partition coefficient (Wildman–Crippen LogP) is 4.62. The van der Waals surface area contributed by atoms with Crippen LogP contribution in [0.1, 0.15) is 39.7 Å². The van der Waals surface area contributed by atoms with Crippen molar-refractivity contribution in [2.24, 2.45) is 11.8 Å². The Balaban J connectivity index is 2.24. The maximum absolute atomic E-state index is 13.1. The summed E-state index contributed by atoms with van der Waals surface area (Å²) in [5.41, 5.74) is 2.13. The van der Waals surface area contributed by atoms with Gasteiger partial charge in [0.1, 0.15) is 11.5 Å². The average Bonchev–Trinajstić information content (AvgIpc) is 2.71. The van der Waals surface area contributed by atoms with E-state index >= 15 is 0 Å².